The minimum absolute atomic E-state index is 0.0964. The highest BCUT2D eigenvalue weighted by atomic mass is 32.1. The molecule has 0 spiro atoms. The summed E-state index contributed by atoms with van der Waals surface area (Å²) in [4.78, 5) is 18.5. The van der Waals surface area contributed by atoms with Gasteiger partial charge in [-0.2, -0.15) is 0 Å². The Hall–Kier alpha value is -2.25. The molecule has 0 atom stereocenters. The molecule has 5 nitrogen and oxygen atoms in total. The first kappa shape index (κ1) is 16.6. The molecule has 2 aromatic rings. The number of amides is 1. The zero-order valence-electron chi connectivity index (χ0n) is 13.4. The van der Waals surface area contributed by atoms with Crippen LogP contribution >= 0.6 is 23.6 Å². The first-order valence-corrected chi connectivity index (χ1v) is 8.85. The number of nitrogens with zero attached hydrogens (tertiary/aromatic N) is 2. The van der Waals surface area contributed by atoms with Gasteiger partial charge in [0.15, 0.2) is 5.11 Å². The monoisotopic (exact) mass is 359 g/mol. The molecule has 1 aromatic heterocycles. The van der Waals surface area contributed by atoms with E-state index >= 15 is 0 Å². The van der Waals surface area contributed by atoms with Crippen LogP contribution in [0.5, 0.6) is 5.75 Å². The average Bonchev–Trinajstić information content (AvgIpc) is 3.16. The first-order chi connectivity index (χ1) is 11.6. The summed E-state index contributed by atoms with van der Waals surface area (Å²) in [6, 6.07) is 7.73. The molecule has 2 heterocycles. The maximum Gasteiger partial charge on any atom is 0.276 e. The number of carbonyl (C=O) groups is 1. The van der Waals surface area contributed by atoms with Crippen molar-refractivity contribution < 1.29 is 9.53 Å². The summed E-state index contributed by atoms with van der Waals surface area (Å²) >= 11 is 6.74. The second kappa shape index (κ2) is 7.11. The van der Waals surface area contributed by atoms with Crippen LogP contribution in [-0.4, -0.2) is 34.6 Å². The second-order valence-electron chi connectivity index (χ2n) is 5.25. The van der Waals surface area contributed by atoms with E-state index in [9.17, 15) is 4.79 Å². The third kappa shape index (κ3) is 3.32. The Bertz CT molecular complexity index is 796. The number of thiocarbonyl (C=S) groups is 1. The van der Waals surface area contributed by atoms with Gasteiger partial charge in [-0.05, 0) is 49.0 Å². The summed E-state index contributed by atoms with van der Waals surface area (Å²) in [6.45, 7) is 2.63. The van der Waals surface area contributed by atoms with E-state index in [0.29, 0.717) is 17.4 Å². The number of ether oxygens (including phenoxy) is 1. The number of hydrogen-bond donors (Lipinski definition) is 1. The number of hydrogen-bond acceptors (Lipinski definition) is 5. The minimum atomic E-state index is -0.0964. The third-order valence-corrected chi connectivity index (χ3v) is 4.79. The summed E-state index contributed by atoms with van der Waals surface area (Å²) in [5.41, 5.74) is 2.22. The molecule has 0 saturated carbocycles. The third-order valence-electron chi connectivity index (χ3n) is 3.56. The van der Waals surface area contributed by atoms with Crippen molar-refractivity contribution in [3.8, 4) is 16.3 Å². The van der Waals surface area contributed by atoms with Gasteiger partial charge >= 0.3 is 0 Å². The van der Waals surface area contributed by atoms with E-state index in [1.807, 2.05) is 36.6 Å². The number of thiazole rings is 1. The van der Waals surface area contributed by atoms with Crippen molar-refractivity contribution in [3.05, 3.63) is 41.0 Å². The highest BCUT2D eigenvalue weighted by Crippen LogP contribution is 2.26. The second-order valence-corrected chi connectivity index (χ2v) is 6.50. The maximum absolute atomic E-state index is 12.3. The van der Waals surface area contributed by atoms with Crippen LogP contribution in [0, 0.1) is 0 Å². The van der Waals surface area contributed by atoms with Gasteiger partial charge in [0, 0.05) is 17.5 Å². The number of carbonyl (C=O) groups excluding carboxylic acids is 1. The van der Waals surface area contributed by atoms with E-state index in [2.05, 4.69) is 10.3 Å². The Morgan fingerprint density at radius 2 is 2.12 bits per heavy atom. The van der Waals surface area contributed by atoms with E-state index in [1.54, 1.807) is 18.1 Å². The van der Waals surface area contributed by atoms with Crippen molar-refractivity contribution in [2.45, 2.75) is 13.3 Å². The van der Waals surface area contributed by atoms with Crippen molar-refractivity contribution in [1.82, 2.24) is 15.2 Å². The summed E-state index contributed by atoms with van der Waals surface area (Å²) in [5.74, 6) is 0.712. The van der Waals surface area contributed by atoms with Gasteiger partial charge in [-0.3, -0.25) is 9.69 Å². The molecular formula is C17H17N3O2S2. The molecule has 0 aliphatic carbocycles. The number of nitrogens with one attached hydrogen (secondary N) is 1. The zero-order valence-corrected chi connectivity index (χ0v) is 15.0. The Kier molecular flexibility index (Phi) is 4.92. The van der Waals surface area contributed by atoms with Gasteiger partial charge in [-0.25, -0.2) is 4.98 Å². The largest absolute Gasteiger partial charge is 0.497 e. The molecular weight excluding hydrogens is 342 g/mol. The van der Waals surface area contributed by atoms with Crippen molar-refractivity contribution >= 4 is 40.7 Å². The van der Waals surface area contributed by atoms with Crippen LogP contribution in [-0.2, 0) is 4.79 Å². The van der Waals surface area contributed by atoms with Crippen LogP contribution in [0.1, 0.15) is 19.0 Å². The van der Waals surface area contributed by atoms with Crippen LogP contribution in [0.4, 0.5) is 0 Å². The normalized spacial score (nSPS) is 15.9. The van der Waals surface area contributed by atoms with E-state index in [1.165, 1.54) is 11.3 Å². The molecule has 7 heteroatoms. The quantitative estimate of drug-likeness (QED) is 0.656. The van der Waals surface area contributed by atoms with Crippen molar-refractivity contribution in [2.24, 2.45) is 0 Å². The lowest BCUT2D eigenvalue weighted by Crippen LogP contribution is -2.31. The Balaban J connectivity index is 1.80. The molecule has 124 valence electrons. The average molecular weight is 359 g/mol. The number of rotatable bonds is 5. The van der Waals surface area contributed by atoms with Gasteiger partial charge < -0.3 is 10.1 Å². The van der Waals surface area contributed by atoms with Gasteiger partial charge in [0.2, 0.25) is 0 Å². The molecule has 1 aromatic carbocycles. The molecule has 0 bridgehead atoms. The first-order valence-electron chi connectivity index (χ1n) is 7.57. The molecule has 3 rings (SSSR count). The Morgan fingerprint density at radius 1 is 1.38 bits per heavy atom. The molecule has 24 heavy (non-hydrogen) atoms. The Morgan fingerprint density at radius 3 is 2.79 bits per heavy atom. The minimum Gasteiger partial charge on any atom is -0.497 e. The summed E-state index contributed by atoms with van der Waals surface area (Å²) in [5, 5.41) is 6.24. The van der Waals surface area contributed by atoms with E-state index in [-0.39, 0.29) is 5.91 Å². The molecule has 1 fully saturated rings. The lowest BCUT2D eigenvalue weighted by Gasteiger charge is -2.11. The summed E-state index contributed by atoms with van der Waals surface area (Å²) in [6.07, 6.45) is 2.60. The maximum atomic E-state index is 12.3. The van der Waals surface area contributed by atoms with Gasteiger partial charge in [-0.1, -0.05) is 6.92 Å². The number of benzene rings is 1. The molecule has 1 saturated heterocycles. The summed E-state index contributed by atoms with van der Waals surface area (Å²) < 4.78 is 5.16. The number of methoxy groups -OCH3 is 1. The van der Waals surface area contributed by atoms with Crippen molar-refractivity contribution in [2.75, 3.05) is 13.7 Å². The SMILES string of the molecule is CCCN1C(=O)C(=Cc2csc(-c3ccc(OC)cc3)n2)NC1=S. The molecule has 1 amide bonds. The van der Waals surface area contributed by atoms with Crippen LogP contribution in [0.15, 0.2) is 35.3 Å². The van der Waals surface area contributed by atoms with Gasteiger partial charge in [0.05, 0.1) is 12.8 Å². The predicted molar refractivity (Wildman–Crippen MR) is 99.8 cm³/mol. The zero-order chi connectivity index (χ0) is 17.1. The lowest BCUT2D eigenvalue weighted by molar-refractivity contribution is -0.122. The highest BCUT2D eigenvalue weighted by Gasteiger charge is 2.29. The van der Waals surface area contributed by atoms with Gasteiger partial charge in [0.25, 0.3) is 5.91 Å². The standard InChI is InChI=1S/C17H17N3O2S2/c1-3-8-20-16(21)14(19-17(20)23)9-12-10-24-15(18-12)11-4-6-13(22-2)7-5-11/h4-7,9-10H,3,8H2,1-2H3,(H,19,23). The molecule has 0 unspecified atom stereocenters. The topological polar surface area (TPSA) is 54.5 Å². The molecule has 1 aliphatic heterocycles. The van der Waals surface area contributed by atoms with E-state index in [4.69, 9.17) is 17.0 Å². The lowest BCUT2D eigenvalue weighted by atomic mass is 10.2. The fraction of sp³-hybridized carbons (Fsp3) is 0.235. The highest BCUT2D eigenvalue weighted by molar-refractivity contribution is 7.80. The fourth-order valence-electron chi connectivity index (χ4n) is 2.36. The van der Waals surface area contributed by atoms with Crippen LogP contribution < -0.4 is 10.1 Å². The van der Waals surface area contributed by atoms with Gasteiger partial charge in [0.1, 0.15) is 16.5 Å². The van der Waals surface area contributed by atoms with Crippen LogP contribution in [0.25, 0.3) is 16.6 Å². The molecule has 1 N–H and O–H groups in total. The van der Waals surface area contributed by atoms with Crippen molar-refractivity contribution in [1.29, 1.82) is 0 Å². The fourth-order valence-corrected chi connectivity index (χ4v) is 3.43. The van der Waals surface area contributed by atoms with E-state index in [0.717, 1.165) is 28.4 Å². The smallest absolute Gasteiger partial charge is 0.276 e. The Labute approximate surface area is 150 Å². The molecule has 1 aliphatic rings. The van der Waals surface area contributed by atoms with Crippen LogP contribution in [0.3, 0.4) is 0 Å². The summed E-state index contributed by atoms with van der Waals surface area (Å²) in [7, 11) is 1.64. The van der Waals surface area contributed by atoms with Crippen molar-refractivity contribution in [3.63, 3.8) is 0 Å². The van der Waals surface area contributed by atoms with Crippen LogP contribution in [0.2, 0.25) is 0 Å². The predicted octanol–water partition coefficient (Wildman–Crippen LogP) is 3.29. The number of aromatic nitrogens is 1. The van der Waals surface area contributed by atoms with E-state index < -0.39 is 0 Å². The molecule has 0 radical (unpaired) electrons. The van der Waals surface area contributed by atoms with Gasteiger partial charge in [-0.15, -0.1) is 11.3 Å².